The fourth-order valence-corrected chi connectivity index (χ4v) is 3.81. The highest BCUT2D eigenvalue weighted by Crippen LogP contribution is 2.34. The standard InChI is InChI=1S/C15H24N2O2/c18-15-7-2-1-5-13(15)14-6-3-4-10-17(14)11-12-8-9-16-19-12/h8-9,13-15,18H,1-7,10-11H2. The maximum absolute atomic E-state index is 10.3. The van der Waals surface area contributed by atoms with Gasteiger partial charge in [-0.25, -0.2) is 0 Å². The van der Waals surface area contributed by atoms with Crippen LogP contribution in [0.5, 0.6) is 0 Å². The van der Waals surface area contributed by atoms with Crippen molar-refractivity contribution in [2.24, 2.45) is 5.92 Å². The zero-order chi connectivity index (χ0) is 13.1. The lowest BCUT2D eigenvalue weighted by atomic mass is 9.78. The van der Waals surface area contributed by atoms with Gasteiger partial charge in [-0.05, 0) is 32.2 Å². The molecule has 1 aliphatic heterocycles. The van der Waals surface area contributed by atoms with Crippen LogP contribution in [0.25, 0.3) is 0 Å². The second-order valence-corrected chi connectivity index (χ2v) is 6.03. The van der Waals surface area contributed by atoms with Gasteiger partial charge < -0.3 is 9.63 Å². The van der Waals surface area contributed by atoms with Gasteiger partial charge in [0.2, 0.25) is 0 Å². The number of hydrogen-bond acceptors (Lipinski definition) is 4. The number of hydrogen-bond donors (Lipinski definition) is 1. The molecule has 1 aromatic heterocycles. The van der Waals surface area contributed by atoms with Gasteiger partial charge in [0.1, 0.15) is 0 Å². The normalized spacial score (nSPS) is 33.4. The Morgan fingerprint density at radius 2 is 2.05 bits per heavy atom. The summed E-state index contributed by atoms with van der Waals surface area (Å²) in [5.41, 5.74) is 0. The number of rotatable bonds is 3. The van der Waals surface area contributed by atoms with E-state index >= 15 is 0 Å². The van der Waals surface area contributed by atoms with E-state index in [1.165, 1.54) is 38.5 Å². The summed E-state index contributed by atoms with van der Waals surface area (Å²) in [6.45, 7) is 1.96. The first-order valence-electron chi connectivity index (χ1n) is 7.66. The SMILES string of the molecule is OC1CCCCC1C1CCCCN1Cc1ccno1. The Morgan fingerprint density at radius 1 is 1.21 bits per heavy atom. The monoisotopic (exact) mass is 264 g/mol. The van der Waals surface area contributed by atoms with E-state index in [9.17, 15) is 5.11 Å². The summed E-state index contributed by atoms with van der Waals surface area (Å²) in [5.74, 6) is 1.40. The highest BCUT2D eigenvalue weighted by molar-refractivity contribution is 4.96. The number of aliphatic hydroxyl groups is 1. The van der Waals surface area contributed by atoms with Crippen molar-refractivity contribution in [3.63, 3.8) is 0 Å². The van der Waals surface area contributed by atoms with E-state index in [0.29, 0.717) is 12.0 Å². The molecule has 2 fully saturated rings. The molecule has 4 heteroatoms. The van der Waals surface area contributed by atoms with Crippen LogP contribution in [0.3, 0.4) is 0 Å². The molecule has 4 nitrogen and oxygen atoms in total. The second-order valence-electron chi connectivity index (χ2n) is 6.03. The van der Waals surface area contributed by atoms with E-state index in [1.807, 2.05) is 6.07 Å². The van der Waals surface area contributed by atoms with E-state index in [4.69, 9.17) is 4.52 Å². The molecule has 1 aromatic rings. The van der Waals surface area contributed by atoms with Gasteiger partial charge in [0.05, 0.1) is 18.8 Å². The average Bonchev–Trinajstić information content (AvgIpc) is 2.93. The Kier molecular flexibility index (Phi) is 4.18. The zero-order valence-electron chi connectivity index (χ0n) is 11.5. The van der Waals surface area contributed by atoms with Crippen LogP contribution in [0.1, 0.15) is 50.7 Å². The maximum Gasteiger partial charge on any atom is 0.150 e. The van der Waals surface area contributed by atoms with Crippen LogP contribution in [0.4, 0.5) is 0 Å². The lowest BCUT2D eigenvalue weighted by Gasteiger charge is -2.43. The van der Waals surface area contributed by atoms with Gasteiger partial charge in [0, 0.05) is 18.0 Å². The minimum atomic E-state index is -0.103. The Hall–Kier alpha value is -0.870. The molecule has 0 spiro atoms. The van der Waals surface area contributed by atoms with Gasteiger partial charge in [-0.3, -0.25) is 4.90 Å². The van der Waals surface area contributed by atoms with Crippen molar-refractivity contribution in [2.45, 2.75) is 63.6 Å². The molecule has 1 N–H and O–H groups in total. The third-order valence-electron chi connectivity index (χ3n) is 4.79. The summed E-state index contributed by atoms with van der Waals surface area (Å²) in [6, 6.07) is 2.47. The number of aliphatic hydroxyl groups excluding tert-OH is 1. The number of nitrogens with zero attached hydrogens (tertiary/aromatic N) is 2. The van der Waals surface area contributed by atoms with Crippen molar-refractivity contribution in [3.05, 3.63) is 18.0 Å². The van der Waals surface area contributed by atoms with Gasteiger partial charge >= 0.3 is 0 Å². The van der Waals surface area contributed by atoms with E-state index in [2.05, 4.69) is 10.1 Å². The molecule has 3 atom stereocenters. The maximum atomic E-state index is 10.3. The molecule has 2 heterocycles. The van der Waals surface area contributed by atoms with Crippen molar-refractivity contribution in [1.29, 1.82) is 0 Å². The number of aromatic nitrogens is 1. The first kappa shape index (κ1) is 13.1. The van der Waals surface area contributed by atoms with Crippen LogP contribution < -0.4 is 0 Å². The van der Waals surface area contributed by atoms with Crippen molar-refractivity contribution < 1.29 is 9.63 Å². The topological polar surface area (TPSA) is 49.5 Å². The third kappa shape index (κ3) is 3.00. The van der Waals surface area contributed by atoms with Crippen molar-refractivity contribution >= 4 is 0 Å². The van der Waals surface area contributed by atoms with E-state index in [1.54, 1.807) is 6.20 Å². The van der Waals surface area contributed by atoms with Gasteiger partial charge in [-0.1, -0.05) is 24.4 Å². The Balaban J connectivity index is 1.69. The highest BCUT2D eigenvalue weighted by Gasteiger charge is 2.35. The molecule has 1 aliphatic carbocycles. The highest BCUT2D eigenvalue weighted by atomic mass is 16.5. The first-order valence-corrected chi connectivity index (χ1v) is 7.66. The second kappa shape index (κ2) is 6.06. The molecule has 106 valence electrons. The van der Waals surface area contributed by atoms with Crippen LogP contribution >= 0.6 is 0 Å². The lowest BCUT2D eigenvalue weighted by molar-refractivity contribution is -0.0112. The van der Waals surface area contributed by atoms with Crippen LogP contribution in [0, 0.1) is 5.92 Å². The predicted molar refractivity (Wildman–Crippen MR) is 72.5 cm³/mol. The van der Waals surface area contributed by atoms with Crippen LogP contribution in [0.15, 0.2) is 16.8 Å². The smallest absolute Gasteiger partial charge is 0.150 e. The molecule has 3 rings (SSSR count). The summed E-state index contributed by atoms with van der Waals surface area (Å²) in [4.78, 5) is 2.50. The molecule has 0 aromatic carbocycles. The quantitative estimate of drug-likeness (QED) is 0.911. The predicted octanol–water partition coefficient (Wildman–Crippen LogP) is 2.58. The van der Waals surface area contributed by atoms with Crippen molar-refractivity contribution in [3.8, 4) is 0 Å². The van der Waals surface area contributed by atoms with Gasteiger partial charge in [0.25, 0.3) is 0 Å². The van der Waals surface area contributed by atoms with Crippen molar-refractivity contribution in [1.82, 2.24) is 10.1 Å². The average molecular weight is 264 g/mol. The molecular weight excluding hydrogens is 240 g/mol. The molecule has 1 saturated heterocycles. The lowest BCUT2D eigenvalue weighted by Crippen LogP contribution is -2.48. The number of likely N-dealkylation sites (tertiary alicyclic amines) is 1. The fourth-order valence-electron chi connectivity index (χ4n) is 3.81. The van der Waals surface area contributed by atoms with Gasteiger partial charge in [-0.15, -0.1) is 0 Å². The molecule has 0 radical (unpaired) electrons. The fraction of sp³-hybridized carbons (Fsp3) is 0.800. The summed E-state index contributed by atoms with van der Waals surface area (Å²) >= 11 is 0. The number of piperidine rings is 1. The first-order chi connectivity index (χ1) is 9.34. The summed E-state index contributed by atoms with van der Waals surface area (Å²) < 4.78 is 5.24. The van der Waals surface area contributed by atoms with E-state index in [0.717, 1.165) is 25.3 Å². The zero-order valence-corrected chi connectivity index (χ0v) is 11.5. The molecular formula is C15H24N2O2. The summed E-state index contributed by atoms with van der Waals surface area (Å²) in [5, 5.41) is 14.1. The Labute approximate surface area is 114 Å². The molecule has 2 aliphatic rings. The van der Waals surface area contributed by atoms with Gasteiger partial charge in [-0.2, -0.15) is 0 Å². The molecule has 19 heavy (non-hydrogen) atoms. The molecule has 0 amide bonds. The summed E-state index contributed by atoms with van der Waals surface area (Å²) in [6.07, 6.45) is 10.00. The van der Waals surface area contributed by atoms with E-state index < -0.39 is 0 Å². The third-order valence-corrected chi connectivity index (χ3v) is 4.79. The molecule has 0 bridgehead atoms. The van der Waals surface area contributed by atoms with Crippen LogP contribution in [-0.2, 0) is 6.54 Å². The van der Waals surface area contributed by atoms with Crippen LogP contribution in [-0.4, -0.2) is 33.9 Å². The molecule has 3 unspecified atom stereocenters. The minimum absolute atomic E-state index is 0.103. The van der Waals surface area contributed by atoms with E-state index in [-0.39, 0.29) is 6.10 Å². The van der Waals surface area contributed by atoms with Crippen LogP contribution in [0.2, 0.25) is 0 Å². The largest absolute Gasteiger partial charge is 0.393 e. The Morgan fingerprint density at radius 3 is 2.84 bits per heavy atom. The summed E-state index contributed by atoms with van der Waals surface area (Å²) in [7, 11) is 0. The Bertz CT molecular complexity index is 380. The van der Waals surface area contributed by atoms with Crippen molar-refractivity contribution in [2.75, 3.05) is 6.54 Å². The van der Waals surface area contributed by atoms with Gasteiger partial charge in [0.15, 0.2) is 5.76 Å². The minimum Gasteiger partial charge on any atom is -0.393 e. The molecule has 1 saturated carbocycles.